The Kier molecular flexibility index (Phi) is 10.1. The van der Waals surface area contributed by atoms with E-state index in [1.54, 1.807) is 0 Å². The number of esters is 4. The quantitative estimate of drug-likeness (QED) is 0.315. The number of methoxy groups -OCH3 is 4. The molecule has 0 spiro atoms. The van der Waals surface area contributed by atoms with Crippen LogP contribution in [0.3, 0.4) is 0 Å². The van der Waals surface area contributed by atoms with E-state index < -0.39 is 34.6 Å². The molecule has 0 aromatic carbocycles. The summed E-state index contributed by atoms with van der Waals surface area (Å²) in [4.78, 5) is 49.4. The van der Waals surface area contributed by atoms with Crippen molar-refractivity contribution in [1.82, 2.24) is 0 Å². The highest BCUT2D eigenvalue weighted by atomic mass is 79.9. The predicted molar refractivity (Wildman–Crippen MR) is 107 cm³/mol. The van der Waals surface area contributed by atoms with Crippen LogP contribution >= 0.6 is 15.9 Å². The Bertz CT molecular complexity index is 722. The molecule has 2 atom stereocenters. The molecule has 1 aliphatic carbocycles. The number of alkyl halides is 1. The Morgan fingerprint density at radius 3 is 1.69 bits per heavy atom. The molecule has 0 fully saturated rings. The molecule has 8 nitrogen and oxygen atoms in total. The van der Waals surface area contributed by atoms with E-state index in [1.165, 1.54) is 28.4 Å². The van der Waals surface area contributed by atoms with Crippen LogP contribution in [-0.4, -0.2) is 57.1 Å². The summed E-state index contributed by atoms with van der Waals surface area (Å²) < 4.78 is 19.5. The van der Waals surface area contributed by atoms with Gasteiger partial charge >= 0.3 is 23.9 Å². The minimum Gasteiger partial charge on any atom is -0.466 e. The summed E-state index contributed by atoms with van der Waals surface area (Å²) in [7, 11) is 4.85. The van der Waals surface area contributed by atoms with Gasteiger partial charge in [-0.1, -0.05) is 35.7 Å². The van der Waals surface area contributed by atoms with Crippen LogP contribution in [0, 0.1) is 5.92 Å². The first-order valence-corrected chi connectivity index (χ1v) is 10.1. The van der Waals surface area contributed by atoms with Crippen molar-refractivity contribution in [2.75, 3.05) is 28.4 Å². The average Bonchev–Trinajstić information content (AvgIpc) is 2.72. The number of hydrogen-bond donors (Lipinski definition) is 0. The van der Waals surface area contributed by atoms with Gasteiger partial charge in [-0.25, -0.2) is 19.2 Å². The largest absolute Gasteiger partial charge is 0.466 e. The van der Waals surface area contributed by atoms with Crippen LogP contribution in [0.1, 0.15) is 39.0 Å². The Balaban J connectivity index is 3.77. The van der Waals surface area contributed by atoms with E-state index in [0.717, 1.165) is 12.8 Å². The molecule has 0 unspecified atom stereocenters. The van der Waals surface area contributed by atoms with Crippen LogP contribution in [0.2, 0.25) is 0 Å². The van der Waals surface area contributed by atoms with E-state index in [0.29, 0.717) is 6.42 Å². The third-order valence-corrected chi connectivity index (χ3v) is 5.57. The van der Waals surface area contributed by atoms with E-state index in [9.17, 15) is 19.2 Å². The second kappa shape index (κ2) is 11.7. The van der Waals surface area contributed by atoms with Gasteiger partial charge in [0.15, 0.2) is 0 Å². The zero-order valence-corrected chi connectivity index (χ0v) is 18.9. The summed E-state index contributed by atoms with van der Waals surface area (Å²) in [5, 5.41) is 0. The lowest BCUT2D eigenvalue weighted by Crippen LogP contribution is -2.30. The standard InChI is InChI=1S/C20H27BrO8/c1-6-7-8-11-9-12(17(22)26-2)16(20(25)29-5)14(21)10-13(18(23)27-3)15(11)19(24)28-4/h11,14H,6-10H2,1-5H3/b15-13-,16-12-/t11-,14-/m0/s1. The molecule has 0 saturated heterocycles. The van der Waals surface area contributed by atoms with E-state index in [2.05, 4.69) is 15.9 Å². The molecule has 0 aromatic heterocycles. The van der Waals surface area contributed by atoms with Crippen LogP contribution in [0.15, 0.2) is 22.3 Å². The highest BCUT2D eigenvalue weighted by molar-refractivity contribution is 9.09. The van der Waals surface area contributed by atoms with Crippen molar-refractivity contribution in [3.8, 4) is 0 Å². The third-order valence-electron chi connectivity index (χ3n) is 4.79. The molecule has 1 aliphatic rings. The fourth-order valence-corrected chi connectivity index (χ4v) is 4.16. The van der Waals surface area contributed by atoms with Gasteiger partial charge in [-0.2, -0.15) is 0 Å². The maximum Gasteiger partial charge on any atom is 0.335 e. The average molecular weight is 475 g/mol. The van der Waals surface area contributed by atoms with Gasteiger partial charge in [0.05, 0.1) is 44.4 Å². The first-order chi connectivity index (χ1) is 13.8. The van der Waals surface area contributed by atoms with Gasteiger partial charge in [0.2, 0.25) is 0 Å². The monoisotopic (exact) mass is 474 g/mol. The van der Waals surface area contributed by atoms with E-state index in [4.69, 9.17) is 18.9 Å². The number of ether oxygens (including phenoxy) is 4. The molecule has 0 saturated carbocycles. The maximum atomic E-state index is 12.6. The van der Waals surface area contributed by atoms with Crippen molar-refractivity contribution >= 4 is 39.8 Å². The molecule has 29 heavy (non-hydrogen) atoms. The lowest BCUT2D eigenvalue weighted by Gasteiger charge is -2.28. The summed E-state index contributed by atoms with van der Waals surface area (Å²) in [6.07, 6.45) is 2.03. The zero-order valence-electron chi connectivity index (χ0n) is 17.3. The van der Waals surface area contributed by atoms with Crippen LogP contribution in [0.4, 0.5) is 0 Å². The molecule has 0 N–H and O–H groups in total. The van der Waals surface area contributed by atoms with Crippen molar-refractivity contribution in [3.63, 3.8) is 0 Å². The zero-order chi connectivity index (χ0) is 22.1. The Hall–Kier alpha value is -2.16. The maximum absolute atomic E-state index is 12.6. The van der Waals surface area contributed by atoms with Gasteiger partial charge < -0.3 is 18.9 Å². The van der Waals surface area contributed by atoms with Crippen LogP contribution in [0.5, 0.6) is 0 Å². The van der Waals surface area contributed by atoms with Crippen molar-refractivity contribution < 1.29 is 38.1 Å². The lowest BCUT2D eigenvalue weighted by molar-refractivity contribution is -0.141. The van der Waals surface area contributed by atoms with Gasteiger partial charge in [0, 0.05) is 11.1 Å². The van der Waals surface area contributed by atoms with Gasteiger partial charge in [0.1, 0.15) is 0 Å². The van der Waals surface area contributed by atoms with Crippen LogP contribution in [0.25, 0.3) is 0 Å². The fourth-order valence-electron chi connectivity index (χ4n) is 3.38. The predicted octanol–water partition coefficient (Wildman–Crippen LogP) is 2.64. The normalized spacial score (nSPS) is 24.8. The van der Waals surface area contributed by atoms with Gasteiger partial charge in [-0.05, 0) is 25.2 Å². The molecule has 0 aliphatic heterocycles. The molecule has 9 heteroatoms. The minimum atomic E-state index is -0.773. The van der Waals surface area contributed by atoms with Gasteiger partial charge in [0.25, 0.3) is 0 Å². The topological polar surface area (TPSA) is 105 Å². The first-order valence-electron chi connectivity index (χ1n) is 9.20. The number of carbonyl (C=O) groups excluding carboxylic acids is 4. The second-order valence-electron chi connectivity index (χ2n) is 6.47. The Morgan fingerprint density at radius 2 is 1.24 bits per heavy atom. The number of halogens is 1. The van der Waals surface area contributed by atoms with Gasteiger partial charge in [-0.3, -0.25) is 0 Å². The molecule has 162 valence electrons. The molecular formula is C20H27BrO8. The van der Waals surface area contributed by atoms with Crippen molar-refractivity contribution in [1.29, 1.82) is 0 Å². The van der Waals surface area contributed by atoms with E-state index in [-0.39, 0.29) is 35.1 Å². The minimum absolute atomic E-state index is 0.0180. The molecule has 0 amide bonds. The first kappa shape index (κ1) is 24.9. The number of unbranched alkanes of at least 4 members (excludes halogenated alkanes) is 1. The molecular weight excluding hydrogens is 448 g/mol. The number of rotatable bonds is 7. The summed E-state index contributed by atoms with van der Waals surface area (Å²) in [6, 6.07) is 0. The smallest absolute Gasteiger partial charge is 0.335 e. The Morgan fingerprint density at radius 1 is 0.793 bits per heavy atom. The highest BCUT2D eigenvalue weighted by Crippen LogP contribution is 2.38. The molecule has 1 rings (SSSR count). The van der Waals surface area contributed by atoms with E-state index in [1.807, 2.05) is 6.92 Å². The summed E-state index contributed by atoms with van der Waals surface area (Å²) in [5.74, 6) is -3.31. The van der Waals surface area contributed by atoms with Crippen molar-refractivity contribution in [2.45, 2.75) is 43.9 Å². The molecule has 0 aromatic rings. The number of carbonyl (C=O) groups is 4. The van der Waals surface area contributed by atoms with Crippen LogP contribution in [-0.2, 0) is 38.1 Å². The molecule has 0 radical (unpaired) electrons. The van der Waals surface area contributed by atoms with E-state index >= 15 is 0 Å². The Labute approximate surface area is 178 Å². The fraction of sp³-hybridized carbons (Fsp3) is 0.600. The van der Waals surface area contributed by atoms with Crippen molar-refractivity contribution in [2.24, 2.45) is 5.92 Å². The highest BCUT2D eigenvalue weighted by Gasteiger charge is 2.38. The SMILES string of the molecule is CCCC[C@H]1C/C(C(=O)OC)=C(/C(=O)OC)[C@@H](Br)C/C(C(=O)OC)=C\1C(=O)OC. The summed E-state index contributed by atoms with van der Waals surface area (Å²) in [5.41, 5.74) is 0.425. The van der Waals surface area contributed by atoms with Crippen molar-refractivity contribution in [3.05, 3.63) is 22.3 Å². The summed E-state index contributed by atoms with van der Waals surface area (Å²) >= 11 is 3.37. The second-order valence-corrected chi connectivity index (χ2v) is 7.57. The lowest BCUT2D eigenvalue weighted by atomic mass is 9.79. The third kappa shape index (κ3) is 5.91. The van der Waals surface area contributed by atoms with Gasteiger partial charge in [-0.15, -0.1) is 0 Å². The number of hydrogen-bond acceptors (Lipinski definition) is 8. The molecule has 0 bridgehead atoms. The summed E-state index contributed by atoms with van der Waals surface area (Å²) in [6.45, 7) is 1.98. The van der Waals surface area contributed by atoms with Crippen LogP contribution < -0.4 is 0 Å². The molecule has 0 heterocycles.